The molecule has 1 aliphatic carbocycles. The third-order valence-electron chi connectivity index (χ3n) is 6.10. The third-order valence-corrected chi connectivity index (χ3v) is 6.10. The number of hydrogen-bond donors (Lipinski definition) is 2. The SMILES string of the molecule is Fc1ccc(Nc2nc3cnc(NC4CCCCC4)nc3n2C2CCOCC2)c(F)c1. The molecule has 0 bridgehead atoms. The molecule has 164 valence electrons. The van der Waals surface area contributed by atoms with Crippen molar-refractivity contribution < 1.29 is 13.5 Å². The number of ether oxygens (including phenoxy) is 1. The summed E-state index contributed by atoms with van der Waals surface area (Å²) in [6.07, 6.45) is 9.28. The Morgan fingerprint density at radius 1 is 1.00 bits per heavy atom. The quantitative estimate of drug-likeness (QED) is 0.599. The van der Waals surface area contributed by atoms with Gasteiger partial charge in [-0.3, -0.25) is 4.57 Å². The first-order chi connectivity index (χ1) is 15.2. The number of anilines is 3. The average molecular weight is 428 g/mol. The largest absolute Gasteiger partial charge is 0.381 e. The summed E-state index contributed by atoms with van der Waals surface area (Å²) in [4.78, 5) is 13.9. The van der Waals surface area contributed by atoms with Gasteiger partial charge in [0.1, 0.15) is 17.2 Å². The normalized spacial score (nSPS) is 18.4. The lowest BCUT2D eigenvalue weighted by Crippen LogP contribution is -2.24. The Hall–Kier alpha value is -2.81. The lowest BCUT2D eigenvalue weighted by atomic mass is 9.96. The minimum absolute atomic E-state index is 0.113. The molecular formula is C22H26F2N6O. The molecule has 31 heavy (non-hydrogen) atoms. The van der Waals surface area contributed by atoms with Crippen molar-refractivity contribution in [2.24, 2.45) is 0 Å². The molecule has 3 aromatic rings. The molecule has 2 fully saturated rings. The highest BCUT2D eigenvalue weighted by atomic mass is 19.1. The van der Waals surface area contributed by atoms with E-state index in [0.29, 0.717) is 42.3 Å². The molecule has 0 radical (unpaired) electrons. The van der Waals surface area contributed by atoms with Crippen LogP contribution < -0.4 is 10.6 Å². The first-order valence-electron chi connectivity index (χ1n) is 11.0. The fraction of sp³-hybridized carbons (Fsp3) is 0.500. The van der Waals surface area contributed by atoms with Crippen LogP contribution >= 0.6 is 0 Å². The molecule has 5 rings (SSSR count). The summed E-state index contributed by atoms with van der Waals surface area (Å²) in [6.45, 7) is 1.29. The molecule has 1 saturated carbocycles. The molecule has 2 aromatic heterocycles. The molecule has 7 nitrogen and oxygen atoms in total. The Morgan fingerprint density at radius 2 is 1.81 bits per heavy atom. The van der Waals surface area contributed by atoms with Crippen LogP contribution in [0.15, 0.2) is 24.4 Å². The second-order valence-corrected chi connectivity index (χ2v) is 8.28. The lowest BCUT2D eigenvalue weighted by Gasteiger charge is -2.26. The minimum atomic E-state index is -0.670. The Balaban J connectivity index is 1.52. The Bertz CT molecular complexity index is 1060. The third kappa shape index (κ3) is 4.32. The molecule has 9 heteroatoms. The van der Waals surface area contributed by atoms with Crippen LogP contribution in [0.25, 0.3) is 11.2 Å². The zero-order valence-electron chi connectivity index (χ0n) is 17.3. The maximum Gasteiger partial charge on any atom is 0.224 e. The topological polar surface area (TPSA) is 76.9 Å². The molecule has 1 aromatic carbocycles. The van der Waals surface area contributed by atoms with Crippen molar-refractivity contribution in [1.82, 2.24) is 19.5 Å². The summed E-state index contributed by atoms with van der Waals surface area (Å²) in [5.41, 5.74) is 1.49. The van der Waals surface area contributed by atoms with Crippen LogP contribution in [-0.4, -0.2) is 38.8 Å². The summed E-state index contributed by atoms with van der Waals surface area (Å²) in [5.74, 6) is -0.231. The predicted molar refractivity (Wildman–Crippen MR) is 115 cm³/mol. The summed E-state index contributed by atoms with van der Waals surface area (Å²) < 4.78 is 35.2. The van der Waals surface area contributed by atoms with E-state index in [0.717, 1.165) is 31.7 Å². The first-order valence-corrected chi connectivity index (χ1v) is 11.0. The van der Waals surface area contributed by atoms with Crippen molar-refractivity contribution in [3.8, 4) is 0 Å². The maximum absolute atomic E-state index is 14.3. The number of aromatic nitrogens is 4. The van der Waals surface area contributed by atoms with E-state index >= 15 is 0 Å². The molecular weight excluding hydrogens is 402 g/mol. The molecule has 2 aliphatic rings. The van der Waals surface area contributed by atoms with Gasteiger partial charge in [-0.25, -0.2) is 18.7 Å². The van der Waals surface area contributed by atoms with Crippen molar-refractivity contribution in [3.63, 3.8) is 0 Å². The van der Waals surface area contributed by atoms with E-state index < -0.39 is 11.6 Å². The summed E-state index contributed by atoms with van der Waals surface area (Å²) in [6, 6.07) is 3.95. The summed E-state index contributed by atoms with van der Waals surface area (Å²) >= 11 is 0. The van der Waals surface area contributed by atoms with Crippen LogP contribution in [0, 0.1) is 11.6 Å². The minimum Gasteiger partial charge on any atom is -0.381 e. The molecule has 1 saturated heterocycles. The number of benzene rings is 1. The number of fused-ring (bicyclic) bond motifs is 1. The highest BCUT2D eigenvalue weighted by molar-refractivity contribution is 5.76. The van der Waals surface area contributed by atoms with Crippen molar-refractivity contribution in [3.05, 3.63) is 36.0 Å². The van der Waals surface area contributed by atoms with Crippen molar-refractivity contribution in [1.29, 1.82) is 0 Å². The van der Waals surface area contributed by atoms with Crippen LogP contribution in [0.4, 0.5) is 26.4 Å². The van der Waals surface area contributed by atoms with Crippen LogP contribution in [0.3, 0.4) is 0 Å². The zero-order valence-corrected chi connectivity index (χ0v) is 17.3. The van der Waals surface area contributed by atoms with Gasteiger partial charge in [-0.15, -0.1) is 0 Å². The standard InChI is InChI=1S/C22H26F2N6O/c23-14-6-7-18(17(24)12-14)27-22-28-19-13-25-21(26-15-4-2-1-3-5-15)29-20(19)30(22)16-8-10-31-11-9-16/h6-7,12-13,15-16H,1-5,8-11H2,(H,27,28)(H,25,26,29). The second kappa shape index (κ2) is 8.74. The molecule has 0 spiro atoms. The highest BCUT2D eigenvalue weighted by Crippen LogP contribution is 2.32. The van der Waals surface area contributed by atoms with E-state index in [4.69, 9.17) is 9.72 Å². The van der Waals surface area contributed by atoms with Gasteiger partial charge in [0.15, 0.2) is 5.65 Å². The zero-order chi connectivity index (χ0) is 21.2. The molecule has 0 unspecified atom stereocenters. The summed E-state index contributed by atoms with van der Waals surface area (Å²) in [5, 5.41) is 6.50. The fourth-order valence-corrected chi connectivity index (χ4v) is 4.48. The Morgan fingerprint density at radius 3 is 2.58 bits per heavy atom. The van der Waals surface area contributed by atoms with Crippen LogP contribution in [0.1, 0.15) is 51.0 Å². The van der Waals surface area contributed by atoms with Gasteiger partial charge in [-0.1, -0.05) is 19.3 Å². The van der Waals surface area contributed by atoms with Gasteiger partial charge in [0.05, 0.1) is 11.9 Å². The number of rotatable bonds is 5. The average Bonchev–Trinajstić information content (AvgIpc) is 3.14. The fourth-order valence-electron chi connectivity index (χ4n) is 4.48. The lowest BCUT2D eigenvalue weighted by molar-refractivity contribution is 0.0710. The molecule has 0 atom stereocenters. The van der Waals surface area contributed by atoms with Crippen molar-refractivity contribution in [2.45, 2.75) is 57.0 Å². The van der Waals surface area contributed by atoms with Gasteiger partial charge in [0.25, 0.3) is 0 Å². The molecule has 1 aliphatic heterocycles. The van der Waals surface area contributed by atoms with E-state index in [1.54, 1.807) is 6.20 Å². The Labute approximate surface area is 179 Å². The number of nitrogens with zero attached hydrogens (tertiary/aromatic N) is 4. The number of imidazole rings is 1. The van der Waals surface area contributed by atoms with Crippen molar-refractivity contribution >= 4 is 28.7 Å². The van der Waals surface area contributed by atoms with Crippen molar-refractivity contribution in [2.75, 3.05) is 23.8 Å². The van der Waals surface area contributed by atoms with E-state index in [9.17, 15) is 8.78 Å². The van der Waals surface area contributed by atoms with Gasteiger partial charge in [-0.05, 0) is 37.8 Å². The van der Waals surface area contributed by atoms with Crippen LogP contribution in [0.2, 0.25) is 0 Å². The second-order valence-electron chi connectivity index (χ2n) is 8.28. The van der Waals surface area contributed by atoms with E-state index in [2.05, 4.69) is 20.6 Å². The highest BCUT2D eigenvalue weighted by Gasteiger charge is 2.24. The summed E-state index contributed by atoms with van der Waals surface area (Å²) in [7, 11) is 0. The van der Waals surface area contributed by atoms with Gasteiger partial charge < -0.3 is 15.4 Å². The monoisotopic (exact) mass is 428 g/mol. The predicted octanol–water partition coefficient (Wildman–Crippen LogP) is 4.94. The van der Waals surface area contributed by atoms with Gasteiger partial charge in [0, 0.05) is 31.4 Å². The van der Waals surface area contributed by atoms with E-state index in [1.165, 1.54) is 31.4 Å². The maximum atomic E-state index is 14.3. The number of hydrogen-bond acceptors (Lipinski definition) is 6. The van der Waals surface area contributed by atoms with E-state index in [1.807, 2.05) is 4.57 Å². The molecule has 3 heterocycles. The van der Waals surface area contributed by atoms with Gasteiger partial charge in [0.2, 0.25) is 11.9 Å². The van der Waals surface area contributed by atoms with E-state index in [-0.39, 0.29) is 11.7 Å². The first kappa shape index (κ1) is 20.1. The smallest absolute Gasteiger partial charge is 0.224 e. The van der Waals surface area contributed by atoms with Crippen LogP contribution in [0.5, 0.6) is 0 Å². The number of nitrogens with one attached hydrogen (secondary N) is 2. The van der Waals surface area contributed by atoms with Gasteiger partial charge in [-0.2, -0.15) is 4.98 Å². The van der Waals surface area contributed by atoms with Gasteiger partial charge >= 0.3 is 0 Å². The molecule has 0 amide bonds. The van der Waals surface area contributed by atoms with Crippen LogP contribution in [-0.2, 0) is 4.74 Å². The molecule has 2 N–H and O–H groups in total. The number of halogens is 2. The Kier molecular flexibility index (Phi) is 5.67.